The third kappa shape index (κ3) is 2.75. The van der Waals surface area contributed by atoms with Crippen molar-refractivity contribution < 1.29 is 6.11 Å². The molecule has 8 nitrogen and oxygen atoms in total. The van der Waals surface area contributed by atoms with Gasteiger partial charge in [0.2, 0.25) is 0 Å². The molecule has 0 spiro atoms. The van der Waals surface area contributed by atoms with Gasteiger partial charge < -0.3 is 9.30 Å². The summed E-state index contributed by atoms with van der Waals surface area (Å²) in [5.74, 6) is 1.09. The van der Waals surface area contributed by atoms with Gasteiger partial charge in [-0.15, -0.1) is 4.68 Å². The minimum atomic E-state index is -0.368. The summed E-state index contributed by atoms with van der Waals surface area (Å²) in [4.78, 5) is 16.4. The van der Waals surface area contributed by atoms with E-state index in [9.17, 15) is 4.79 Å². The fourth-order valence-electron chi connectivity index (χ4n) is 2.25. The number of hydrogen-bond donors (Lipinski definition) is 0. The molecule has 2 heterocycles. The highest BCUT2D eigenvalue weighted by Gasteiger charge is 2.17. The number of hydrogen-bond acceptors (Lipinski definition) is 5. The van der Waals surface area contributed by atoms with E-state index in [-0.39, 0.29) is 12.3 Å². The second-order valence-corrected chi connectivity index (χ2v) is 5.08. The average Bonchev–Trinajstić information content (AvgIpc) is 3.10. The molecule has 0 radical (unpaired) electrons. The standard InChI is InChI=1S/C15H18N6O2/c1-4-20-10-16-14(21-15(22)19(3)17-18-21)12(20)9-23-13-8-6-5-7-11(13)2/h5-8,10H,4,9H2,1-3H3/i5T. The van der Waals surface area contributed by atoms with Gasteiger partial charge in [-0.05, 0) is 35.9 Å². The number of aromatic nitrogens is 6. The van der Waals surface area contributed by atoms with E-state index in [1.165, 1.54) is 7.05 Å². The number of nitrogens with zero attached hydrogens (tertiary/aromatic N) is 6. The first-order chi connectivity index (χ1) is 11.5. The van der Waals surface area contributed by atoms with E-state index in [1.807, 2.05) is 18.4 Å². The highest BCUT2D eigenvalue weighted by atomic mass is 16.5. The van der Waals surface area contributed by atoms with Crippen molar-refractivity contribution in [2.75, 3.05) is 0 Å². The van der Waals surface area contributed by atoms with E-state index in [2.05, 4.69) is 15.4 Å². The summed E-state index contributed by atoms with van der Waals surface area (Å²) in [6, 6.07) is 5.61. The third-order valence-electron chi connectivity index (χ3n) is 3.57. The predicted octanol–water partition coefficient (Wildman–Crippen LogP) is 1.07. The van der Waals surface area contributed by atoms with Crippen LogP contribution in [0.1, 0.15) is 19.6 Å². The fraction of sp³-hybridized carbons (Fsp3) is 0.333. The van der Waals surface area contributed by atoms with E-state index in [0.717, 1.165) is 20.6 Å². The zero-order chi connectivity index (χ0) is 17.3. The van der Waals surface area contributed by atoms with E-state index in [0.29, 0.717) is 24.2 Å². The maximum Gasteiger partial charge on any atom is 0.369 e. The second-order valence-electron chi connectivity index (χ2n) is 5.08. The lowest BCUT2D eigenvalue weighted by Gasteiger charge is -2.11. The van der Waals surface area contributed by atoms with Crippen molar-refractivity contribution in [2.24, 2.45) is 7.05 Å². The molecule has 0 aliphatic carbocycles. The molecule has 0 bridgehead atoms. The fourth-order valence-corrected chi connectivity index (χ4v) is 2.25. The van der Waals surface area contributed by atoms with Crippen molar-refractivity contribution in [3.05, 3.63) is 52.3 Å². The SMILES string of the molecule is [3H]c1ccc(OCc2c(-n3nnn(C)c3=O)ncn2CC)c(C)c1. The molecular weight excluding hydrogens is 296 g/mol. The zero-order valence-electron chi connectivity index (χ0n) is 14.2. The molecule has 3 aromatic rings. The van der Waals surface area contributed by atoms with Crippen molar-refractivity contribution in [1.29, 1.82) is 0 Å². The van der Waals surface area contributed by atoms with Crippen molar-refractivity contribution in [1.82, 2.24) is 29.3 Å². The summed E-state index contributed by atoms with van der Waals surface area (Å²) in [6.45, 7) is 4.78. The second kappa shape index (κ2) is 6.07. The molecule has 0 aliphatic rings. The first kappa shape index (κ1) is 13.7. The molecule has 0 saturated carbocycles. The average molecular weight is 316 g/mol. The minimum absolute atomic E-state index is 0.227. The Morgan fingerprint density at radius 1 is 1.35 bits per heavy atom. The van der Waals surface area contributed by atoms with Crippen molar-refractivity contribution >= 4 is 0 Å². The number of ether oxygens (including phenoxy) is 1. The molecule has 0 fully saturated rings. The summed E-state index contributed by atoms with van der Waals surface area (Å²) in [5.41, 5.74) is 1.24. The van der Waals surface area contributed by atoms with Gasteiger partial charge in [0.25, 0.3) is 0 Å². The maximum atomic E-state index is 12.1. The maximum absolute atomic E-state index is 12.1. The Labute approximate surface area is 134 Å². The highest BCUT2D eigenvalue weighted by molar-refractivity contribution is 5.33. The van der Waals surface area contributed by atoms with Gasteiger partial charge in [0.1, 0.15) is 18.1 Å². The Balaban J connectivity index is 1.94. The molecule has 0 N–H and O–H groups in total. The third-order valence-corrected chi connectivity index (χ3v) is 3.57. The number of tetrazole rings is 1. The van der Waals surface area contributed by atoms with Crippen LogP contribution in [0.2, 0.25) is 0 Å². The van der Waals surface area contributed by atoms with Gasteiger partial charge in [-0.2, -0.15) is 4.68 Å². The van der Waals surface area contributed by atoms with Crippen LogP contribution in [0.15, 0.2) is 35.4 Å². The summed E-state index contributed by atoms with van der Waals surface area (Å²) in [6.07, 6.45) is 1.65. The van der Waals surface area contributed by atoms with Crippen LogP contribution >= 0.6 is 0 Å². The minimum Gasteiger partial charge on any atom is -0.487 e. The van der Waals surface area contributed by atoms with Gasteiger partial charge in [0, 0.05) is 13.6 Å². The smallest absolute Gasteiger partial charge is 0.369 e. The van der Waals surface area contributed by atoms with Gasteiger partial charge in [-0.3, -0.25) is 0 Å². The summed E-state index contributed by atoms with van der Waals surface area (Å²) >= 11 is 0. The molecule has 2 aromatic heterocycles. The van der Waals surface area contributed by atoms with Crippen LogP contribution in [-0.2, 0) is 20.2 Å². The normalized spacial score (nSPS) is 11.5. The van der Waals surface area contributed by atoms with E-state index >= 15 is 0 Å². The van der Waals surface area contributed by atoms with Gasteiger partial charge in [0.05, 0.1) is 7.70 Å². The lowest BCUT2D eigenvalue weighted by Crippen LogP contribution is -2.23. The van der Waals surface area contributed by atoms with E-state index < -0.39 is 0 Å². The molecule has 0 saturated heterocycles. The van der Waals surface area contributed by atoms with E-state index in [1.54, 1.807) is 24.5 Å². The van der Waals surface area contributed by atoms with Crippen molar-refractivity contribution in [2.45, 2.75) is 27.0 Å². The summed E-state index contributed by atoms with van der Waals surface area (Å²) < 4.78 is 17.7. The van der Waals surface area contributed by atoms with Crippen LogP contribution in [0.4, 0.5) is 0 Å². The quantitative estimate of drug-likeness (QED) is 0.703. The molecule has 0 aliphatic heterocycles. The largest absolute Gasteiger partial charge is 0.487 e. The molecule has 0 unspecified atom stereocenters. The Bertz CT molecular complexity index is 926. The van der Waals surface area contributed by atoms with Gasteiger partial charge in [-0.25, -0.2) is 9.78 Å². The molecule has 3 rings (SSSR count). The Morgan fingerprint density at radius 2 is 2.17 bits per heavy atom. The van der Waals surface area contributed by atoms with Crippen molar-refractivity contribution in [3.63, 3.8) is 0 Å². The summed E-state index contributed by atoms with van der Waals surface area (Å²) in [7, 11) is 1.53. The summed E-state index contributed by atoms with van der Waals surface area (Å²) in [5, 5.41) is 7.56. The monoisotopic (exact) mass is 316 g/mol. The predicted molar refractivity (Wildman–Crippen MR) is 83.6 cm³/mol. The van der Waals surface area contributed by atoms with Crippen LogP contribution in [0.3, 0.4) is 0 Å². The molecule has 120 valence electrons. The van der Waals surface area contributed by atoms with Gasteiger partial charge in [0.15, 0.2) is 5.82 Å². The first-order valence-corrected chi connectivity index (χ1v) is 7.24. The lowest BCUT2D eigenvalue weighted by atomic mass is 10.2. The van der Waals surface area contributed by atoms with Crippen molar-refractivity contribution in [3.8, 4) is 11.6 Å². The number of benzene rings is 1. The van der Waals surface area contributed by atoms with Gasteiger partial charge in [-0.1, -0.05) is 18.2 Å². The number of imidazole rings is 1. The Kier molecular flexibility index (Phi) is 3.63. The van der Waals surface area contributed by atoms with Gasteiger partial charge >= 0.3 is 5.69 Å². The molecule has 1 aromatic carbocycles. The number of aryl methyl sites for hydroxylation is 3. The van der Waals surface area contributed by atoms with Crippen LogP contribution in [0.5, 0.6) is 5.75 Å². The van der Waals surface area contributed by atoms with Crippen LogP contribution in [0, 0.1) is 6.92 Å². The highest BCUT2D eigenvalue weighted by Crippen LogP contribution is 2.19. The Morgan fingerprint density at radius 3 is 2.83 bits per heavy atom. The number of rotatable bonds is 5. The lowest BCUT2D eigenvalue weighted by molar-refractivity contribution is 0.292. The van der Waals surface area contributed by atoms with Crippen LogP contribution in [0.25, 0.3) is 5.82 Å². The topological polar surface area (TPSA) is 79.8 Å². The first-order valence-electron chi connectivity index (χ1n) is 7.74. The van der Waals surface area contributed by atoms with Crippen LogP contribution < -0.4 is 10.4 Å². The Hall–Kier alpha value is -2.90. The molecule has 0 atom stereocenters. The molecule has 8 heteroatoms. The number of para-hydroxylation sites is 1. The molecular formula is C15H18N6O2. The molecule has 23 heavy (non-hydrogen) atoms. The zero-order valence-corrected chi connectivity index (χ0v) is 13.2. The van der Waals surface area contributed by atoms with E-state index in [4.69, 9.17) is 6.11 Å². The van der Waals surface area contributed by atoms with Crippen LogP contribution in [-0.4, -0.2) is 29.3 Å². The molecule has 0 amide bonds.